The predicted octanol–water partition coefficient (Wildman–Crippen LogP) is 4.65. The molecule has 0 bridgehead atoms. The number of aromatic carboxylic acids is 2. The zero-order valence-electron chi connectivity index (χ0n) is 16.0. The van der Waals surface area contributed by atoms with Crippen molar-refractivity contribution < 1.29 is 19.8 Å². The number of benzene rings is 2. The first kappa shape index (κ1) is 18.5. The van der Waals surface area contributed by atoms with Crippen molar-refractivity contribution in [2.24, 2.45) is 7.05 Å². The van der Waals surface area contributed by atoms with Crippen LogP contribution in [0.25, 0.3) is 22.2 Å². The molecule has 2 N–H and O–H groups in total. The quantitative estimate of drug-likeness (QED) is 0.445. The minimum Gasteiger partial charge on any atom is -0.478 e. The molecular formula is C23H17ClN2O4. The summed E-state index contributed by atoms with van der Waals surface area (Å²) < 4.78 is 3.93. The van der Waals surface area contributed by atoms with E-state index in [-0.39, 0.29) is 11.1 Å². The third-order valence-electron chi connectivity index (χ3n) is 5.91. The maximum atomic E-state index is 12.2. The molecule has 150 valence electrons. The van der Waals surface area contributed by atoms with E-state index in [4.69, 9.17) is 11.6 Å². The number of hydrogen-bond acceptors (Lipinski definition) is 2. The molecule has 1 aliphatic heterocycles. The molecule has 0 amide bonds. The van der Waals surface area contributed by atoms with Crippen LogP contribution in [-0.4, -0.2) is 31.3 Å². The second-order valence-corrected chi connectivity index (χ2v) is 7.86. The van der Waals surface area contributed by atoms with Gasteiger partial charge in [0.25, 0.3) is 0 Å². The summed E-state index contributed by atoms with van der Waals surface area (Å²) >= 11 is 6.01. The summed E-state index contributed by atoms with van der Waals surface area (Å²) in [6, 6.07) is 14.8. The Kier molecular flexibility index (Phi) is 4.01. The Hall–Kier alpha value is -3.51. The standard InChI is InChI=1S/C23H17ClN2O4/c1-25-16-5-3-2-4-14(16)15-10-17-19(22(27)28)20(23(29)30)21(26(17)11-18(15)25)12-6-8-13(24)9-7-12/h2-9H,10-11H2,1H3,(H,27,28)(H,29,30). The molecule has 0 unspecified atom stereocenters. The van der Waals surface area contributed by atoms with Gasteiger partial charge in [-0.3, -0.25) is 0 Å². The number of hydrogen-bond donors (Lipinski definition) is 2. The van der Waals surface area contributed by atoms with Gasteiger partial charge >= 0.3 is 11.9 Å². The highest BCUT2D eigenvalue weighted by Gasteiger charge is 2.35. The second kappa shape index (κ2) is 6.50. The Balaban J connectivity index is 1.84. The summed E-state index contributed by atoms with van der Waals surface area (Å²) in [5.41, 5.74) is 4.34. The molecule has 0 spiro atoms. The summed E-state index contributed by atoms with van der Waals surface area (Å²) in [4.78, 5) is 24.4. The third-order valence-corrected chi connectivity index (χ3v) is 6.16. The van der Waals surface area contributed by atoms with Crippen molar-refractivity contribution in [3.05, 3.63) is 81.6 Å². The predicted molar refractivity (Wildman–Crippen MR) is 114 cm³/mol. The summed E-state index contributed by atoms with van der Waals surface area (Å²) in [6.07, 6.45) is 0.353. The number of rotatable bonds is 3. The van der Waals surface area contributed by atoms with Gasteiger partial charge in [-0.1, -0.05) is 41.9 Å². The van der Waals surface area contributed by atoms with Crippen LogP contribution < -0.4 is 0 Å². The van der Waals surface area contributed by atoms with Gasteiger partial charge in [0, 0.05) is 40.8 Å². The topological polar surface area (TPSA) is 84.5 Å². The summed E-state index contributed by atoms with van der Waals surface area (Å²) in [6.45, 7) is 0.390. The largest absolute Gasteiger partial charge is 0.478 e. The van der Waals surface area contributed by atoms with Gasteiger partial charge in [0.1, 0.15) is 5.56 Å². The monoisotopic (exact) mass is 420 g/mol. The highest BCUT2D eigenvalue weighted by Crippen LogP contribution is 2.40. The number of aromatic nitrogens is 2. The van der Waals surface area contributed by atoms with Crippen molar-refractivity contribution in [1.82, 2.24) is 9.13 Å². The number of halogens is 1. The third kappa shape index (κ3) is 2.50. The zero-order chi connectivity index (χ0) is 21.2. The van der Waals surface area contributed by atoms with Gasteiger partial charge < -0.3 is 19.3 Å². The molecule has 0 fully saturated rings. The fraction of sp³-hybridized carbons (Fsp3) is 0.130. The Bertz CT molecular complexity index is 1360. The maximum absolute atomic E-state index is 12.2. The van der Waals surface area contributed by atoms with Gasteiger partial charge in [0.05, 0.1) is 17.8 Å². The molecule has 7 heteroatoms. The molecule has 0 saturated carbocycles. The average Bonchev–Trinajstić information content (AvgIpc) is 3.21. The van der Waals surface area contributed by atoms with E-state index in [9.17, 15) is 19.8 Å². The van der Waals surface area contributed by atoms with Crippen molar-refractivity contribution in [1.29, 1.82) is 0 Å². The van der Waals surface area contributed by atoms with Crippen molar-refractivity contribution >= 4 is 34.4 Å². The lowest BCUT2D eigenvalue weighted by Crippen LogP contribution is -2.18. The highest BCUT2D eigenvalue weighted by molar-refractivity contribution is 6.30. The van der Waals surface area contributed by atoms with Crippen LogP contribution in [0, 0.1) is 0 Å². The van der Waals surface area contributed by atoms with Crippen LogP contribution in [0.4, 0.5) is 0 Å². The lowest BCUT2D eigenvalue weighted by atomic mass is 9.99. The molecule has 0 aliphatic carbocycles. The van der Waals surface area contributed by atoms with E-state index in [1.54, 1.807) is 24.3 Å². The molecule has 0 radical (unpaired) electrons. The fourth-order valence-electron chi connectivity index (χ4n) is 4.61. The van der Waals surface area contributed by atoms with E-state index in [1.807, 2.05) is 35.9 Å². The van der Waals surface area contributed by atoms with E-state index in [0.717, 1.165) is 22.2 Å². The smallest absolute Gasteiger partial charge is 0.338 e. The first-order valence-electron chi connectivity index (χ1n) is 9.41. The normalized spacial score (nSPS) is 12.6. The molecule has 2 aromatic carbocycles. The molecule has 2 aromatic heterocycles. The number of nitrogens with zero attached hydrogens (tertiary/aromatic N) is 2. The van der Waals surface area contributed by atoms with E-state index in [2.05, 4.69) is 4.57 Å². The summed E-state index contributed by atoms with van der Waals surface area (Å²) in [7, 11) is 1.98. The number of para-hydroxylation sites is 1. The van der Waals surface area contributed by atoms with Crippen molar-refractivity contribution in [2.75, 3.05) is 0 Å². The molecule has 30 heavy (non-hydrogen) atoms. The Morgan fingerprint density at radius 1 is 0.933 bits per heavy atom. The molecule has 4 aromatic rings. The lowest BCUT2D eigenvalue weighted by molar-refractivity contribution is 0.0652. The number of carboxylic acid groups (broad SMARTS) is 2. The van der Waals surface area contributed by atoms with Crippen LogP contribution >= 0.6 is 11.6 Å². The zero-order valence-corrected chi connectivity index (χ0v) is 16.8. The number of carbonyl (C=O) groups is 2. The Morgan fingerprint density at radius 3 is 2.27 bits per heavy atom. The van der Waals surface area contributed by atoms with Crippen LogP contribution in [0.15, 0.2) is 48.5 Å². The van der Waals surface area contributed by atoms with E-state index >= 15 is 0 Å². The van der Waals surface area contributed by atoms with Gasteiger partial charge in [-0.25, -0.2) is 9.59 Å². The molecule has 3 heterocycles. The van der Waals surface area contributed by atoms with E-state index < -0.39 is 11.9 Å². The number of aryl methyl sites for hydroxylation is 1. The van der Waals surface area contributed by atoms with Crippen LogP contribution in [-0.2, 0) is 20.0 Å². The molecule has 0 atom stereocenters. The minimum atomic E-state index is -1.26. The average molecular weight is 421 g/mol. The number of fused-ring (bicyclic) bond motifs is 4. The van der Waals surface area contributed by atoms with Gasteiger partial charge in [-0.2, -0.15) is 0 Å². The van der Waals surface area contributed by atoms with Gasteiger partial charge in [0.15, 0.2) is 0 Å². The van der Waals surface area contributed by atoms with Crippen LogP contribution in [0.3, 0.4) is 0 Å². The van der Waals surface area contributed by atoms with Crippen LogP contribution in [0.1, 0.15) is 37.7 Å². The van der Waals surface area contributed by atoms with Crippen LogP contribution in [0.2, 0.25) is 5.02 Å². The van der Waals surface area contributed by atoms with E-state index in [1.165, 1.54) is 0 Å². The minimum absolute atomic E-state index is 0.147. The van der Waals surface area contributed by atoms with Crippen molar-refractivity contribution in [2.45, 2.75) is 13.0 Å². The maximum Gasteiger partial charge on any atom is 0.338 e. The molecule has 5 rings (SSSR count). The molecule has 6 nitrogen and oxygen atoms in total. The SMILES string of the molecule is Cn1c2c(c3ccccc31)Cc1c(C(=O)O)c(C(=O)O)c(-c3ccc(Cl)cc3)n1C2. The first-order valence-corrected chi connectivity index (χ1v) is 9.79. The van der Waals surface area contributed by atoms with Gasteiger partial charge in [0.2, 0.25) is 0 Å². The summed E-state index contributed by atoms with van der Waals surface area (Å²) in [5, 5.41) is 21.5. The molecule has 0 saturated heterocycles. The molecular weight excluding hydrogens is 404 g/mol. The van der Waals surface area contributed by atoms with Gasteiger partial charge in [-0.05, 0) is 29.3 Å². The first-order chi connectivity index (χ1) is 14.4. The highest BCUT2D eigenvalue weighted by atomic mass is 35.5. The van der Waals surface area contributed by atoms with E-state index in [0.29, 0.717) is 34.9 Å². The van der Waals surface area contributed by atoms with Crippen molar-refractivity contribution in [3.8, 4) is 11.3 Å². The van der Waals surface area contributed by atoms with Crippen molar-refractivity contribution in [3.63, 3.8) is 0 Å². The second-order valence-electron chi connectivity index (χ2n) is 7.43. The van der Waals surface area contributed by atoms with Gasteiger partial charge in [-0.15, -0.1) is 0 Å². The Morgan fingerprint density at radius 2 is 1.60 bits per heavy atom. The Labute approximate surface area is 176 Å². The number of carboxylic acids is 2. The molecule has 1 aliphatic rings. The fourth-order valence-corrected chi connectivity index (χ4v) is 4.74. The summed E-state index contributed by atoms with van der Waals surface area (Å²) in [5.74, 6) is -2.49. The van der Waals surface area contributed by atoms with Crippen LogP contribution in [0.5, 0.6) is 0 Å². The lowest BCUT2D eigenvalue weighted by Gasteiger charge is -2.21.